The summed E-state index contributed by atoms with van der Waals surface area (Å²) in [7, 11) is -4.26. The number of ether oxygens (including phenoxy) is 2. The van der Waals surface area contributed by atoms with Crippen molar-refractivity contribution in [3.8, 4) is 11.5 Å². The Balaban J connectivity index is 1.88. The van der Waals surface area contributed by atoms with Gasteiger partial charge in [-0.2, -0.15) is 13.2 Å². The maximum atomic E-state index is 12.5. The number of rotatable bonds is 20. The van der Waals surface area contributed by atoms with Crippen LogP contribution in [-0.4, -0.2) is 39.6 Å². The van der Waals surface area contributed by atoms with Crippen LogP contribution in [0.1, 0.15) is 88.8 Å². The molecule has 0 bridgehead atoms. The van der Waals surface area contributed by atoms with Crippen molar-refractivity contribution in [1.29, 1.82) is 0 Å². The molecule has 42 heavy (non-hydrogen) atoms. The topological polar surface area (TPSA) is 118 Å². The van der Waals surface area contributed by atoms with E-state index in [0.29, 0.717) is 29.1 Å². The summed E-state index contributed by atoms with van der Waals surface area (Å²) in [6.07, 6.45) is 8.72. The summed E-state index contributed by atoms with van der Waals surface area (Å²) in [6.45, 7) is 0.794. The van der Waals surface area contributed by atoms with Crippen LogP contribution in [0.5, 0.6) is 11.5 Å². The number of allylic oxidation sites excluding steroid dienone is 1. The Morgan fingerprint density at radius 2 is 1.57 bits per heavy atom. The Hall–Kier alpha value is -2.88. The fraction of sp³-hybridized carbons (Fsp3) is 0.533. The largest absolute Gasteiger partial charge is 0.487 e. The maximum Gasteiger partial charge on any atom is 0.422 e. The highest BCUT2D eigenvalue weighted by Crippen LogP contribution is 2.36. The molecule has 0 saturated heterocycles. The number of carbonyl (C=O) groups excluding carboxylic acids is 1. The van der Waals surface area contributed by atoms with Gasteiger partial charge in [-0.3, -0.25) is 14.3 Å². The molecule has 0 aliphatic heterocycles. The number of benzene rings is 1. The Labute approximate surface area is 245 Å². The average Bonchev–Trinajstić information content (AvgIpc) is 2.93. The molecule has 1 amide bonds. The summed E-state index contributed by atoms with van der Waals surface area (Å²) in [5.74, 6) is 0.314. The van der Waals surface area contributed by atoms with Crippen molar-refractivity contribution < 1.29 is 41.8 Å². The number of unbranched alkanes of at least 4 members (excludes halogenated alkanes) is 8. The van der Waals surface area contributed by atoms with Crippen molar-refractivity contribution in [1.82, 2.24) is 10.3 Å². The molecule has 0 fully saturated rings. The molecule has 234 valence electrons. The number of nitrogens with zero attached hydrogens (tertiary/aromatic N) is 1. The van der Waals surface area contributed by atoms with Crippen molar-refractivity contribution in [2.45, 2.75) is 90.3 Å². The van der Waals surface area contributed by atoms with Crippen LogP contribution in [0.2, 0.25) is 0 Å². The van der Waals surface area contributed by atoms with Crippen molar-refractivity contribution in [3.63, 3.8) is 0 Å². The van der Waals surface area contributed by atoms with Crippen molar-refractivity contribution in [2.24, 2.45) is 0 Å². The van der Waals surface area contributed by atoms with E-state index in [1.54, 1.807) is 30.3 Å². The second-order valence-electron chi connectivity index (χ2n) is 10.2. The number of nitrogens with one attached hydrogen (secondary N) is 1. The lowest BCUT2D eigenvalue weighted by molar-refractivity contribution is -0.153. The highest BCUT2D eigenvalue weighted by Gasteiger charge is 2.28. The van der Waals surface area contributed by atoms with Crippen LogP contribution in [0, 0.1) is 0 Å². The van der Waals surface area contributed by atoms with Crippen LogP contribution in [0.15, 0.2) is 48.3 Å². The third kappa shape index (κ3) is 17.2. The standard InChI is InChI=1S/C30H42F3N2O6P/c1-2-3-4-5-6-7-8-9-10-11-29(36)35-25(17-19-42(37,38)39)20-24-12-14-27(15-13-24)40-22-26-21-28(16-18-34-26)41-23-30(31,32)33/h12-16,18,20-21H,2-11,17,19,22-23H2,1H3,(H,35,36)(H2,37,38,39)/b25-20+. The minimum atomic E-state index is -4.44. The lowest BCUT2D eigenvalue weighted by Gasteiger charge is -2.12. The average molecular weight is 615 g/mol. The highest BCUT2D eigenvalue weighted by atomic mass is 31.2. The van der Waals surface area contributed by atoms with Gasteiger partial charge in [-0.25, -0.2) is 0 Å². The molecule has 8 nitrogen and oxygen atoms in total. The SMILES string of the molecule is CCCCCCCCCCCC(=O)N/C(=C/c1ccc(OCc2cc(OCC(F)(F)F)ccn2)cc1)CCP(=O)(O)O. The van der Waals surface area contributed by atoms with E-state index in [0.717, 1.165) is 25.7 Å². The third-order valence-corrected chi connectivity index (χ3v) is 7.08. The molecule has 1 heterocycles. The minimum absolute atomic E-state index is 0.000847. The Kier molecular flexibility index (Phi) is 15.7. The first-order chi connectivity index (χ1) is 19.9. The molecule has 0 aliphatic carbocycles. The van der Waals surface area contributed by atoms with Gasteiger partial charge >= 0.3 is 13.8 Å². The Morgan fingerprint density at radius 1 is 0.929 bits per heavy atom. The molecule has 0 unspecified atom stereocenters. The third-order valence-electron chi connectivity index (χ3n) is 6.28. The maximum absolute atomic E-state index is 12.5. The zero-order chi connectivity index (χ0) is 30.8. The number of amides is 1. The van der Waals surface area contributed by atoms with Gasteiger partial charge in [-0.1, -0.05) is 70.4 Å². The van der Waals surface area contributed by atoms with E-state index in [1.165, 1.54) is 50.4 Å². The van der Waals surface area contributed by atoms with E-state index in [4.69, 9.17) is 9.47 Å². The molecule has 0 radical (unpaired) electrons. The molecule has 12 heteroatoms. The zero-order valence-corrected chi connectivity index (χ0v) is 25.0. The number of alkyl halides is 3. The summed E-state index contributed by atoms with van der Waals surface area (Å²) < 4.78 is 59.0. The van der Waals surface area contributed by atoms with Crippen LogP contribution < -0.4 is 14.8 Å². The second-order valence-corrected chi connectivity index (χ2v) is 12.0. The predicted molar refractivity (Wildman–Crippen MR) is 156 cm³/mol. The summed E-state index contributed by atoms with van der Waals surface area (Å²) in [5, 5.41) is 2.81. The van der Waals surface area contributed by atoms with Crippen LogP contribution in [0.3, 0.4) is 0 Å². The van der Waals surface area contributed by atoms with Gasteiger partial charge in [-0.15, -0.1) is 0 Å². The van der Waals surface area contributed by atoms with E-state index < -0.39 is 26.5 Å². The number of aromatic nitrogens is 1. The molecule has 2 aromatic rings. The lowest BCUT2D eigenvalue weighted by atomic mass is 10.1. The normalized spacial score (nSPS) is 12.3. The second kappa shape index (κ2) is 18.6. The van der Waals surface area contributed by atoms with Crippen molar-refractivity contribution >= 4 is 19.6 Å². The molecule has 0 saturated carbocycles. The number of hydrogen-bond donors (Lipinski definition) is 3. The summed E-state index contributed by atoms with van der Waals surface area (Å²) in [5.41, 5.74) is 1.48. The molecule has 0 spiro atoms. The first-order valence-electron chi connectivity index (χ1n) is 14.4. The fourth-order valence-electron chi connectivity index (χ4n) is 4.08. The molecule has 2 rings (SSSR count). The smallest absolute Gasteiger partial charge is 0.422 e. The predicted octanol–water partition coefficient (Wildman–Crippen LogP) is 7.55. The van der Waals surface area contributed by atoms with Gasteiger partial charge in [0.05, 0.1) is 11.9 Å². The monoisotopic (exact) mass is 614 g/mol. The Bertz CT molecular complexity index is 1150. The summed E-state index contributed by atoms with van der Waals surface area (Å²) >= 11 is 0. The van der Waals surface area contributed by atoms with E-state index in [9.17, 15) is 32.3 Å². The molecule has 0 aliphatic rings. The van der Waals surface area contributed by atoms with Crippen molar-refractivity contribution in [3.05, 3.63) is 59.5 Å². The number of hydrogen-bond acceptors (Lipinski definition) is 5. The van der Waals surface area contributed by atoms with Crippen LogP contribution in [0.4, 0.5) is 13.2 Å². The van der Waals surface area contributed by atoms with Gasteiger partial charge < -0.3 is 24.6 Å². The summed E-state index contributed by atoms with van der Waals surface area (Å²) in [4.78, 5) is 35.2. The number of halogens is 3. The van der Waals surface area contributed by atoms with E-state index in [1.807, 2.05) is 0 Å². The van der Waals surface area contributed by atoms with Crippen LogP contribution >= 0.6 is 7.60 Å². The first-order valence-corrected chi connectivity index (χ1v) is 16.2. The fourth-order valence-corrected chi connectivity index (χ4v) is 4.62. The van der Waals surface area contributed by atoms with Crippen molar-refractivity contribution in [2.75, 3.05) is 12.8 Å². The van der Waals surface area contributed by atoms with Crippen LogP contribution in [-0.2, 0) is 16.0 Å². The molecule has 1 aromatic carbocycles. The molecule has 3 N–H and O–H groups in total. The number of pyridine rings is 1. The highest BCUT2D eigenvalue weighted by molar-refractivity contribution is 7.51. The lowest BCUT2D eigenvalue weighted by Crippen LogP contribution is -2.23. The quantitative estimate of drug-likeness (QED) is 0.104. The van der Waals surface area contributed by atoms with Gasteiger partial charge in [0.1, 0.15) is 18.1 Å². The molecular weight excluding hydrogens is 572 g/mol. The molecule has 0 atom stereocenters. The molecule has 1 aromatic heterocycles. The van der Waals surface area contributed by atoms with E-state index in [2.05, 4.69) is 17.2 Å². The minimum Gasteiger partial charge on any atom is -0.487 e. The van der Waals surface area contributed by atoms with Crippen LogP contribution in [0.25, 0.3) is 6.08 Å². The summed E-state index contributed by atoms with van der Waals surface area (Å²) in [6, 6.07) is 9.47. The number of carbonyl (C=O) groups is 1. The van der Waals surface area contributed by atoms with Gasteiger partial charge in [0.15, 0.2) is 6.61 Å². The van der Waals surface area contributed by atoms with Gasteiger partial charge in [0.2, 0.25) is 5.91 Å². The Morgan fingerprint density at radius 3 is 2.19 bits per heavy atom. The van der Waals surface area contributed by atoms with E-state index >= 15 is 0 Å². The van der Waals surface area contributed by atoms with Gasteiger partial charge in [0.25, 0.3) is 0 Å². The van der Waals surface area contributed by atoms with Gasteiger partial charge in [0, 0.05) is 24.4 Å². The van der Waals surface area contributed by atoms with E-state index in [-0.39, 0.29) is 24.7 Å². The van der Waals surface area contributed by atoms with Gasteiger partial charge in [-0.05, 0) is 42.7 Å². The molecular formula is C30H42F3N2O6P. The zero-order valence-electron chi connectivity index (χ0n) is 24.1. The first kappa shape index (κ1) is 35.3.